The van der Waals surface area contributed by atoms with Crippen molar-refractivity contribution >= 4 is 28.8 Å². The van der Waals surface area contributed by atoms with Crippen LogP contribution in [0.4, 0.5) is 5.69 Å². The standard InChI is InChI=1S/C15H15N3OS/c1-9-3-5-12(7-10(9)2)18-15(19)13-6-4-11(8-17-13)14(16)20/h3-8H,1-2H3,(H2,16,20)(H,18,19). The Morgan fingerprint density at radius 3 is 2.50 bits per heavy atom. The Morgan fingerprint density at radius 2 is 1.95 bits per heavy atom. The van der Waals surface area contributed by atoms with E-state index in [0.717, 1.165) is 11.3 Å². The molecule has 0 aliphatic heterocycles. The van der Waals surface area contributed by atoms with E-state index in [1.165, 1.54) is 11.8 Å². The van der Waals surface area contributed by atoms with Crippen LogP contribution in [0.3, 0.4) is 0 Å². The van der Waals surface area contributed by atoms with Crippen LogP contribution in [-0.4, -0.2) is 15.9 Å². The van der Waals surface area contributed by atoms with E-state index >= 15 is 0 Å². The molecule has 5 heteroatoms. The highest BCUT2D eigenvalue weighted by Crippen LogP contribution is 2.15. The summed E-state index contributed by atoms with van der Waals surface area (Å²) in [6.07, 6.45) is 1.50. The first-order chi connectivity index (χ1) is 9.47. The largest absolute Gasteiger partial charge is 0.389 e. The summed E-state index contributed by atoms with van der Waals surface area (Å²) < 4.78 is 0. The molecule has 0 aliphatic carbocycles. The molecule has 0 aliphatic rings. The van der Waals surface area contributed by atoms with Gasteiger partial charge in [-0.05, 0) is 49.2 Å². The van der Waals surface area contributed by atoms with Crippen molar-refractivity contribution in [3.05, 3.63) is 58.9 Å². The second-order valence-electron chi connectivity index (χ2n) is 4.55. The molecule has 3 N–H and O–H groups in total. The molecular formula is C15H15N3OS. The van der Waals surface area contributed by atoms with E-state index in [2.05, 4.69) is 10.3 Å². The fourth-order valence-electron chi connectivity index (χ4n) is 1.69. The van der Waals surface area contributed by atoms with Gasteiger partial charge in [-0.1, -0.05) is 18.3 Å². The van der Waals surface area contributed by atoms with Gasteiger partial charge in [0, 0.05) is 17.4 Å². The predicted octanol–water partition coefficient (Wildman–Crippen LogP) is 2.58. The van der Waals surface area contributed by atoms with Gasteiger partial charge in [0.05, 0.1) is 0 Å². The first-order valence-corrected chi connectivity index (χ1v) is 6.52. The Kier molecular flexibility index (Phi) is 4.10. The number of anilines is 1. The van der Waals surface area contributed by atoms with Crippen LogP contribution in [0.2, 0.25) is 0 Å². The number of amides is 1. The SMILES string of the molecule is Cc1ccc(NC(=O)c2ccc(C(N)=S)cn2)cc1C. The number of aryl methyl sites for hydroxylation is 2. The molecule has 0 atom stereocenters. The number of carbonyl (C=O) groups is 1. The van der Waals surface area contributed by atoms with Crippen LogP contribution in [-0.2, 0) is 0 Å². The third kappa shape index (κ3) is 3.19. The van der Waals surface area contributed by atoms with Gasteiger partial charge in [-0.3, -0.25) is 9.78 Å². The van der Waals surface area contributed by atoms with Crippen LogP contribution < -0.4 is 11.1 Å². The van der Waals surface area contributed by atoms with Gasteiger partial charge < -0.3 is 11.1 Å². The molecule has 0 saturated heterocycles. The average molecular weight is 285 g/mol. The molecule has 0 unspecified atom stereocenters. The molecule has 4 nitrogen and oxygen atoms in total. The molecular weight excluding hydrogens is 270 g/mol. The van der Waals surface area contributed by atoms with Crippen LogP contribution >= 0.6 is 12.2 Å². The Hall–Kier alpha value is -2.27. The highest BCUT2D eigenvalue weighted by atomic mass is 32.1. The van der Waals surface area contributed by atoms with E-state index in [1.54, 1.807) is 12.1 Å². The van der Waals surface area contributed by atoms with Crippen molar-refractivity contribution in [2.24, 2.45) is 5.73 Å². The lowest BCUT2D eigenvalue weighted by Gasteiger charge is -2.07. The number of benzene rings is 1. The number of pyridine rings is 1. The van der Waals surface area contributed by atoms with E-state index in [4.69, 9.17) is 18.0 Å². The Morgan fingerprint density at radius 1 is 1.20 bits per heavy atom. The highest BCUT2D eigenvalue weighted by Gasteiger charge is 2.08. The zero-order valence-corrected chi connectivity index (χ0v) is 12.1. The van der Waals surface area contributed by atoms with Crippen LogP contribution in [0.5, 0.6) is 0 Å². The maximum atomic E-state index is 12.1. The average Bonchev–Trinajstić information content (AvgIpc) is 2.43. The minimum Gasteiger partial charge on any atom is -0.389 e. The Bertz CT molecular complexity index is 665. The molecule has 1 heterocycles. The highest BCUT2D eigenvalue weighted by molar-refractivity contribution is 7.80. The monoisotopic (exact) mass is 285 g/mol. The van der Waals surface area contributed by atoms with Gasteiger partial charge >= 0.3 is 0 Å². The summed E-state index contributed by atoms with van der Waals surface area (Å²) in [6, 6.07) is 9.05. The number of hydrogen-bond donors (Lipinski definition) is 2. The van der Waals surface area contributed by atoms with Gasteiger partial charge in [-0.25, -0.2) is 0 Å². The van der Waals surface area contributed by atoms with E-state index in [1.807, 2.05) is 32.0 Å². The zero-order chi connectivity index (χ0) is 14.7. The van der Waals surface area contributed by atoms with E-state index in [-0.39, 0.29) is 10.9 Å². The first kappa shape index (κ1) is 14.1. The molecule has 0 saturated carbocycles. The molecule has 1 aromatic heterocycles. The summed E-state index contributed by atoms with van der Waals surface area (Å²) in [5.74, 6) is -0.261. The summed E-state index contributed by atoms with van der Waals surface area (Å²) in [4.78, 5) is 16.4. The maximum Gasteiger partial charge on any atom is 0.274 e. The number of rotatable bonds is 3. The summed E-state index contributed by atoms with van der Waals surface area (Å²) in [5, 5.41) is 2.81. The Labute approximate surface area is 123 Å². The normalized spacial score (nSPS) is 10.1. The van der Waals surface area contributed by atoms with Crippen LogP contribution in [0.15, 0.2) is 36.5 Å². The summed E-state index contributed by atoms with van der Waals surface area (Å²) in [5.41, 5.74) is 9.50. The van der Waals surface area contributed by atoms with Gasteiger partial charge in [0.1, 0.15) is 10.7 Å². The number of nitrogens with two attached hydrogens (primary N) is 1. The quantitative estimate of drug-likeness (QED) is 0.851. The van der Waals surface area contributed by atoms with Crippen LogP contribution in [0, 0.1) is 13.8 Å². The second-order valence-corrected chi connectivity index (χ2v) is 4.99. The lowest BCUT2D eigenvalue weighted by Crippen LogP contribution is -2.15. The van der Waals surface area contributed by atoms with Crippen molar-refractivity contribution in [2.75, 3.05) is 5.32 Å². The molecule has 1 amide bonds. The molecule has 2 aromatic rings. The van der Waals surface area contributed by atoms with Crippen molar-refractivity contribution in [3.8, 4) is 0 Å². The predicted molar refractivity (Wildman–Crippen MR) is 84.0 cm³/mol. The van der Waals surface area contributed by atoms with Gasteiger partial charge in [-0.2, -0.15) is 0 Å². The summed E-state index contributed by atoms with van der Waals surface area (Å²) in [7, 11) is 0. The lowest BCUT2D eigenvalue weighted by molar-refractivity contribution is 0.102. The molecule has 0 spiro atoms. The summed E-state index contributed by atoms with van der Waals surface area (Å²) >= 11 is 4.84. The molecule has 1 aromatic carbocycles. The molecule has 102 valence electrons. The number of hydrogen-bond acceptors (Lipinski definition) is 3. The molecule has 0 fully saturated rings. The van der Waals surface area contributed by atoms with E-state index < -0.39 is 0 Å². The van der Waals surface area contributed by atoms with Crippen molar-refractivity contribution in [2.45, 2.75) is 13.8 Å². The van der Waals surface area contributed by atoms with Gasteiger partial charge in [0.25, 0.3) is 5.91 Å². The number of aromatic nitrogens is 1. The number of nitrogens with zero attached hydrogens (tertiary/aromatic N) is 1. The summed E-state index contributed by atoms with van der Waals surface area (Å²) in [6.45, 7) is 4.02. The van der Waals surface area contributed by atoms with E-state index in [0.29, 0.717) is 11.3 Å². The fourth-order valence-corrected chi connectivity index (χ4v) is 1.81. The van der Waals surface area contributed by atoms with Crippen LogP contribution in [0.1, 0.15) is 27.2 Å². The van der Waals surface area contributed by atoms with Crippen LogP contribution in [0.25, 0.3) is 0 Å². The fraction of sp³-hybridized carbons (Fsp3) is 0.133. The first-order valence-electron chi connectivity index (χ1n) is 6.12. The van der Waals surface area contributed by atoms with Gasteiger partial charge in [-0.15, -0.1) is 0 Å². The zero-order valence-electron chi connectivity index (χ0n) is 11.3. The minimum absolute atomic E-state index is 0.261. The second kappa shape index (κ2) is 5.79. The third-order valence-electron chi connectivity index (χ3n) is 3.05. The van der Waals surface area contributed by atoms with E-state index in [9.17, 15) is 4.79 Å². The Balaban J connectivity index is 2.15. The number of carbonyl (C=O) groups excluding carboxylic acids is 1. The third-order valence-corrected chi connectivity index (χ3v) is 3.28. The number of nitrogens with one attached hydrogen (secondary N) is 1. The maximum absolute atomic E-state index is 12.1. The lowest BCUT2D eigenvalue weighted by atomic mass is 10.1. The smallest absolute Gasteiger partial charge is 0.274 e. The van der Waals surface area contributed by atoms with Gasteiger partial charge in [0.15, 0.2) is 0 Å². The van der Waals surface area contributed by atoms with Gasteiger partial charge in [0.2, 0.25) is 0 Å². The number of thiocarbonyl (C=S) groups is 1. The van der Waals surface area contributed by atoms with Crippen molar-refractivity contribution in [1.29, 1.82) is 0 Å². The van der Waals surface area contributed by atoms with Crippen molar-refractivity contribution in [1.82, 2.24) is 4.98 Å². The van der Waals surface area contributed by atoms with Crippen molar-refractivity contribution in [3.63, 3.8) is 0 Å². The van der Waals surface area contributed by atoms with Crippen molar-refractivity contribution < 1.29 is 4.79 Å². The minimum atomic E-state index is -0.261. The topological polar surface area (TPSA) is 68.0 Å². The molecule has 0 radical (unpaired) electrons. The molecule has 20 heavy (non-hydrogen) atoms. The molecule has 2 rings (SSSR count). The molecule has 0 bridgehead atoms.